The minimum Gasteiger partial charge on any atom is -0.508 e. The molecule has 0 amide bonds. The molecule has 0 spiro atoms. The molecule has 1 aliphatic heterocycles. The number of rotatable bonds is 4. The van der Waals surface area contributed by atoms with Crippen molar-refractivity contribution in [3.8, 4) is 5.75 Å². The molecule has 1 aliphatic rings. The van der Waals surface area contributed by atoms with Crippen LogP contribution in [0.5, 0.6) is 5.75 Å². The number of nitrogens with zero attached hydrogens (tertiary/aromatic N) is 4. The standard InChI is InChI=1S/C15H20N4O/c1-12(2-3-13-4-6-14(20)7-5-13)18-8-9-19-11-16-17-15(19)10-18/h4-7,11-12,20H,2-3,8-10H2,1H3. The van der Waals surface area contributed by atoms with Gasteiger partial charge in [-0.05, 0) is 37.5 Å². The smallest absolute Gasteiger partial charge is 0.147 e. The molecule has 0 fully saturated rings. The Balaban J connectivity index is 1.55. The van der Waals surface area contributed by atoms with Gasteiger partial charge in [0.25, 0.3) is 0 Å². The maximum Gasteiger partial charge on any atom is 0.147 e. The third-order valence-corrected chi connectivity index (χ3v) is 4.08. The van der Waals surface area contributed by atoms with E-state index in [2.05, 4.69) is 26.6 Å². The molecule has 1 atom stereocenters. The molecule has 5 nitrogen and oxygen atoms in total. The Morgan fingerprint density at radius 1 is 1.25 bits per heavy atom. The van der Waals surface area contributed by atoms with Gasteiger partial charge in [-0.2, -0.15) is 0 Å². The highest BCUT2D eigenvalue weighted by Crippen LogP contribution is 2.17. The van der Waals surface area contributed by atoms with Gasteiger partial charge in [0.15, 0.2) is 0 Å². The lowest BCUT2D eigenvalue weighted by atomic mass is 10.0. The molecule has 0 saturated carbocycles. The van der Waals surface area contributed by atoms with Gasteiger partial charge in [-0.3, -0.25) is 4.90 Å². The van der Waals surface area contributed by atoms with Crippen LogP contribution in [0.3, 0.4) is 0 Å². The number of phenolic OH excluding ortho intramolecular Hbond substituents is 1. The van der Waals surface area contributed by atoms with E-state index in [9.17, 15) is 5.11 Å². The predicted molar refractivity (Wildman–Crippen MR) is 76.3 cm³/mol. The first-order chi connectivity index (χ1) is 9.72. The van der Waals surface area contributed by atoms with E-state index in [4.69, 9.17) is 0 Å². The molecule has 1 N–H and O–H groups in total. The summed E-state index contributed by atoms with van der Waals surface area (Å²) in [5, 5.41) is 17.4. The molecule has 0 saturated heterocycles. The van der Waals surface area contributed by atoms with Crippen LogP contribution in [0.2, 0.25) is 0 Å². The molecule has 106 valence electrons. The quantitative estimate of drug-likeness (QED) is 0.922. The van der Waals surface area contributed by atoms with E-state index in [1.807, 2.05) is 18.5 Å². The number of aryl methyl sites for hydroxylation is 1. The zero-order valence-corrected chi connectivity index (χ0v) is 11.7. The molecule has 0 aliphatic carbocycles. The zero-order chi connectivity index (χ0) is 13.9. The maximum atomic E-state index is 9.29. The lowest BCUT2D eigenvalue weighted by molar-refractivity contribution is 0.156. The summed E-state index contributed by atoms with van der Waals surface area (Å²) in [6, 6.07) is 8.02. The molecule has 1 aromatic heterocycles. The summed E-state index contributed by atoms with van der Waals surface area (Å²) in [5.41, 5.74) is 1.27. The van der Waals surface area contributed by atoms with Gasteiger partial charge in [0.05, 0.1) is 6.54 Å². The molecule has 0 radical (unpaired) electrons. The minimum atomic E-state index is 0.331. The van der Waals surface area contributed by atoms with Crippen molar-refractivity contribution in [1.29, 1.82) is 0 Å². The van der Waals surface area contributed by atoms with E-state index in [1.165, 1.54) is 5.56 Å². The van der Waals surface area contributed by atoms with Gasteiger partial charge in [-0.15, -0.1) is 10.2 Å². The topological polar surface area (TPSA) is 54.2 Å². The molecular formula is C15H20N4O. The van der Waals surface area contributed by atoms with Crippen molar-refractivity contribution >= 4 is 0 Å². The number of hydrogen-bond donors (Lipinski definition) is 1. The Kier molecular flexibility index (Phi) is 3.69. The van der Waals surface area contributed by atoms with E-state index in [-0.39, 0.29) is 0 Å². The van der Waals surface area contributed by atoms with Crippen LogP contribution in [0.25, 0.3) is 0 Å². The van der Waals surface area contributed by atoms with E-state index in [0.29, 0.717) is 11.8 Å². The summed E-state index contributed by atoms with van der Waals surface area (Å²) < 4.78 is 2.13. The largest absolute Gasteiger partial charge is 0.508 e. The van der Waals surface area contributed by atoms with Crippen molar-refractivity contribution in [2.45, 2.75) is 38.9 Å². The van der Waals surface area contributed by atoms with Crippen LogP contribution in [0.4, 0.5) is 0 Å². The highest BCUT2D eigenvalue weighted by atomic mass is 16.3. The lowest BCUT2D eigenvalue weighted by Gasteiger charge is -2.32. The first-order valence-corrected chi connectivity index (χ1v) is 7.11. The number of fused-ring (bicyclic) bond motifs is 1. The highest BCUT2D eigenvalue weighted by molar-refractivity contribution is 5.25. The SMILES string of the molecule is CC(CCc1ccc(O)cc1)N1CCn2cnnc2C1. The second-order valence-corrected chi connectivity index (χ2v) is 5.47. The second kappa shape index (κ2) is 5.63. The van der Waals surface area contributed by atoms with Gasteiger partial charge < -0.3 is 9.67 Å². The average Bonchev–Trinajstić information content (AvgIpc) is 2.93. The van der Waals surface area contributed by atoms with Crippen molar-refractivity contribution in [3.63, 3.8) is 0 Å². The van der Waals surface area contributed by atoms with Crippen molar-refractivity contribution in [2.24, 2.45) is 0 Å². The van der Waals surface area contributed by atoms with Crippen LogP contribution in [0.15, 0.2) is 30.6 Å². The van der Waals surface area contributed by atoms with Crippen LogP contribution in [-0.2, 0) is 19.5 Å². The van der Waals surface area contributed by atoms with Crippen LogP contribution in [-0.4, -0.2) is 37.4 Å². The van der Waals surface area contributed by atoms with Crippen molar-refractivity contribution < 1.29 is 5.11 Å². The Bertz CT molecular complexity index is 564. The molecule has 1 unspecified atom stereocenters. The number of aromatic hydroxyl groups is 1. The second-order valence-electron chi connectivity index (χ2n) is 5.47. The van der Waals surface area contributed by atoms with Crippen molar-refractivity contribution in [2.75, 3.05) is 6.54 Å². The van der Waals surface area contributed by atoms with Crippen LogP contribution in [0.1, 0.15) is 24.7 Å². The summed E-state index contributed by atoms with van der Waals surface area (Å²) in [5.74, 6) is 1.39. The third kappa shape index (κ3) is 2.82. The van der Waals surface area contributed by atoms with E-state index in [0.717, 1.165) is 38.3 Å². The molecule has 5 heteroatoms. The van der Waals surface area contributed by atoms with Gasteiger partial charge in [0.1, 0.15) is 17.9 Å². The Hall–Kier alpha value is -1.88. The molecule has 2 heterocycles. The summed E-state index contributed by atoms with van der Waals surface area (Å²) in [4.78, 5) is 2.46. The monoisotopic (exact) mass is 272 g/mol. The summed E-state index contributed by atoms with van der Waals surface area (Å²) in [6.45, 7) is 5.19. The number of hydrogen-bond acceptors (Lipinski definition) is 4. The normalized spacial score (nSPS) is 16.9. The first-order valence-electron chi connectivity index (χ1n) is 7.11. The fourth-order valence-electron chi connectivity index (χ4n) is 2.68. The molecular weight excluding hydrogens is 252 g/mol. The van der Waals surface area contributed by atoms with Gasteiger partial charge in [-0.25, -0.2) is 0 Å². The fraction of sp³-hybridized carbons (Fsp3) is 0.467. The third-order valence-electron chi connectivity index (χ3n) is 4.08. The maximum absolute atomic E-state index is 9.29. The van der Waals surface area contributed by atoms with Gasteiger partial charge in [0, 0.05) is 19.1 Å². The number of aromatic nitrogens is 3. The van der Waals surface area contributed by atoms with Crippen LogP contribution in [0, 0.1) is 0 Å². The average molecular weight is 272 g/mol. The van der Waals surface area contributed by atoms with E-state index >= 15 is 0 Å². The molecule has 0 bridgehead atoms. The fourth-order valence-corrected chi connectivity index (χ4v) is 2.68. The van der Waals surface area contributed by atoms with Crippen LogP contribution < -0.4 is 0 Å². The van der Waals surface area contributed by atoms with Crippen LogP contribution >= 0.6 is 0 Å². The predicted octanol–water partition coefficient (Wildman–Crippen LogP) is 1.82. The minimum absolute atomic E-state index is 0.331. The van der Waals surface area contributed by atoms with E-state index in [1.54, 1.807) is 12.1 Å². The van der Waals surface area contributed by atoms with Gasteiger partial charge >= 0.3 is 0 Å². The Morgan fingerprint density at radius 2 is 2.05 bits per heavy atom. The van der Waals surface area contributed by atoms with Crippen molar-refractivity contribution in [1.82, 2.24) is 19.7 Å². The Morgan fingerprint density at radius 3 is 2.85 bits per heavy atom. The lowest BCUT2D eigenvalue weighted by Crippen LogP contribution is -2.39. The molecule has 20 heavy (non-hydrogen) atoms. The van der Waals surface area contributed by atoms with Crippen molar-refractivity contribution in [3.05, 3.63) is 42.0 Å². The Labute approximate surface area is 118 Å². The first kappa shape index (κ1) is 13.1. The van der Waals surface area contributed by atoms with E-state index < -0.39 is 0 Å². The highest BCUT2D eigenvalue weighted by Gasteiger charge is 2.21. The summed E-state index contributed by atoms with van der Waals surface area (Å²) >= 11 is 0. The molecule has 3 rings (SSSR count). The summed E-state index contributed by atoms with van der Waals surface area (Å²) in [6.07, 6.45) is 3.96. The van der Waals surface area contributed by atoms with Gasteiger partial charge in [-0.1, -0.05) is 12.1 Å². The number of benzene rings is 1. The zero-order valence-electron chi connectivity index (χ0n) is 11.7. The summed E-state index contributed by atoms with van der Waals surface area (Å²) in [7, 11) is 0. The number of phenols is 1. The van der Waals surface area contributed by atoms with Gasteiger partial charge in [0.2, 0.25) is 0 Å². The molecule has 2 aromatic rings. The molecule has 1 aromatic carbocycles.